The number of rotatable bonds is 4. The Bertz CT molecular complexity index is 188. The maximum Gasteiger partial charge on any atom is 0.264 e. The molecule has 1 radical (unpaired) electrons. The summed E-state index contributed by atoms with van der Waals surface area (Å²) in [6, 6.07) is 0. The lowest BCUT2D eigenvalue weighted by Gasteiger charge is -2.03. The molecule has 0 heterocycles. The van der Waals surface area contributed by atoms with E-state index in [-0.39, 0.29) is 12.2 Å². The van der Waals surface area contributed by atoms with Gasteiger partial charge in [0.1, 0.15) is 0 Å². The van der Waals surface area contributed by atoms with E-state index in [1.807, 2.05) is 0 Å². The van der Waals surface area contributed by atoms with E-state index in [0.29, 0.717) is 0 Å². The highest BCUT2D eigenvalue weighted by molar-refractivity contribution is 7.85. The number of nitrogens with zero attached hydrogens (tertiary/aromatic N) is 1. The number of hydrogen-bond acceptors (Lipinski definition) is 3. The molecule has 0 atom stereocenters. The molecule has 4 nitrogen and oxygen atoms in total. The molecule has 0 bridgehead atoms. The third-order valence-corrected chi connectivity index (χ3v) is 1.88. The first-order chi connectivity index (χ1) is 5.83. The zero-order valence-corrected chi connectivity index (χ0v) is 9.47. The Kier molecular flexibility index (Phi) is 10.00. The minimum absolute atomic E-state index is 0.221. The van der Waals surface area contributed by atoms with Gasteiger partial charge in [-0.15, -0.1) is 0 Å². The van der Waals surface area contributed by atoms with Gasteiger partial charge in [0.15, 0.2) is 0 Å². The molecule has 0 amide bonds. The maximum atomic E-state index is 9.75. The fraction of sp³-hybridized carbons (Fsp3) is 0.875. The van der Waals surface area contributed by atoms with Crippen LogP contribution in [0.1, 0.15) is 19.8 Å². The molecule has 81 valence electrons. The molecule has 1 N–H and O–H groups in total. The molecule has 0 aliphatic rings. The van der Waals surface area contributed by atoms with Crippen LogP contribution in [-0.4, -0.2) is 44.3 Å². The largest absolute Gasteiger partial charge is 0.309 e. The van der Waals surface area contributed by atoms with Gasteiger partial charge >= 0.3 is 0 Å². The van der Waals surface area contributed by atoms with Crippen LogP contribution in [0.25, 0.3) is 0 Å². The normalized spacial score (nSPS) is 10.9. The summed E-state index contributed by atoms with van der Waals surface area (Å²) >= 11 is 0. The first-order valence-corrected chi connectivity index (χ1v) is 5.83. The van der Waals surface area contributed by atoms with Crippen molar-refractivity contribution >= 4 is 10.1 Å². The lowest BCUT2D eigenvalue weighted by Crippen LogP contribution is -2.11. The van der Waals surface area contributed by atoms with E-state index in [1.54, 1.807) is 0 Å². The Morgan fingerprint density at radius 1 is 1.38 bits per heavy atom. The Morgan fingerprint density at radius 2 is 1.85 bits per heavy atom. The monoisotopic (exact) mass is 210 g/mol. The van der Waals surface area contributed by atoms with Gasteiger partial charge in [0, 0.05) is 0 Å². The van der Waals surface area contributed by atoms with E-state index in [4.69, 9.17) is 4.55 Å². The van der Waals surface area contributed by atoms with Gasteiger partial charge in [0.2, 0.25) is 0 Å². The standard InChI is InChI=1S/C5H13N.C3H7O3S/c1-4-5-6(2)3;1-2-3-7(4,5)6/h4-5H2,1-3H3;1-3H2,(H,4,5,6). The van der Waals surface area contributed by atoms with Crippen LogP contribution in [0.15, 0.2) is 0 Å². The summed E-state index contributed by atoms with van der Waals surface area (Å²) in [5.41, 5.74) is 0. The smallest absolute Gasteiger partial charge is 0.264 e. The van der Waals surface area contributed by atoms with Crippen molar-refractivity contribution in [3.8, 4) is 0 Å². The molecule has 0 aliphatic heterocycles. The van der Waals surface area contributed by atoms with Crippen molar-refractivity contribution in [3.63, 3.8) is 0 Å². The fourth-order valence-corrected chi connectivity index (χ4v) is 0.994. The van der Waals surface area contributed by atoms with Crippen LogP contribution < -0.4 is 0 Å². The second-order valence-electron chi connectivity index (χ2n) is 2.94. The Balaban J connectivity index is 0. The van der Waals surface area contributed by atoms with E-state index < -0.39 is 10.1 Å². The molecular formula is C8H20NO3S. The summed E-state index contributed by atoms with van der Waals surface area (Å²) in [5.74, 6) is -0.243. The van der Waals surface area contributed by atoms with Gasteiger partial charge in [-0.05, 0) is 33.5 Å². The van der Waals surface area contributed by atoms with Gasteiger partial charge in [-0.3, -0.25) is 4.55 Å². The molecule has 0 spiro atoms. The van der Waals surface area contributed by atoms with Crippen LogP contribution >= 0.6 is 0 Å². The van der Waals surface area contributed by atoms with E-state index in [9.17, 15) is 8.42 Å². The Hall–Kier alpha value is -0.130. The van der Waals surface area contributed by atoms with Crippen molar-refractivity contribution in [3.05, 3.63) is 6.92 Å². The third kappa shape index (κ3) is 24.5. The van der Waals surface area contributed by atoms with Crippen LogP contribution in [0.2, 0.25) is 0 Å². The molecule has 0 unspecified atom stereocenters. The van der Waals surface area contributed by atoms with Crippen molar-refractivity contribution in [1.82, 2.24) is 4.90 Å². The Morgan fingerprint density at radius 3 is 1.85 bits per heavy atom. The second-order valence-corrected chi connectivity index (χ2v) is 4.51. The van der Waals surface area contributed by atoms with Crippen molar-refractivity contribution < 1.29 is 13.0 Å². The highest BCUT2D eigenvalue weighted by Crippen LogP contribution is 1.83. The van der Waals surface area contributed by atoms with Gasteiger partial charge in [-0.25, -0.2) is 0 Å². The van der Waals surface area contributed by atoms with E-state index in [0.717, 1.165) is 0 Å². The predicted octanol–water partition coefficient (Wildman–Crippen LogP) is 1.06. The highest BCUT2D eigenvalue weighted by Gasteiger charge is 1.98. The van der Waals surface area contributed by atoms with Crippen LogP contribution in [0.3, 0.4) is 0 Å². The molecule has 0 aromatic heterocycles. The van der Waals surface area contributed by atoms with E-state index in [1.165, 1.54) is 13.0 Å². The average Bonchev–Trinajstić information content (AvgIpc) is 1.84. The Labute approximate surface area is 81.7 Å². The van der Waals surface area contributed by atoms with Gasteiger partial charge in [-0.1, -0.05) is 13.8 Å². The lowest BCUT2D eigenvalue weighted by atomic mass is 10.5. The maximum absolute atomic E-state index is 9.75. The molecule has 0 aliphatic carbocycles. The summed E-state index contributed by atoms with van der Waals surface area (Å²) in [4.78, 5) is 2.18. The first-order valence-electron chi connectivity index (χ1n) is 4.22. The number of hydrogen-bond donors (Lipinski definition) is 1. The summed E-state index contributed by atoms with van der Waals surface area (Å²) in [7, 11) is 0.437. The summed E-state index contributed by atoms with van der Waals surface area (Å²) < 4.78 is 27.4. The topological polar surface area (TPSA) is 57.6 Å². The van der Waals surface area contributed by atoms with Gasteiger partial charge in [0.25, 0.3) is 10.1 Å². The minimum Gasteiger partial charge on any atom is -0.309 e. The summed E-state index contributed by atoms with van der Waals surface area (Å²) in [6.07, 6.45) is 1.48. The third-order valence-electron chi connectivity index (χ3n) is 1.07. The SMILES string of the molecule is CCCN(C)C.[CH2]CCS(=O)(=O)O. The van der Waals surface area contributed by atoms with Crippen LogP contribution in [0.5, 0.6) is 0 Å². The van der Waals surface area contributed by atoms with Crippen molar-refractivity contribution in [2.24, 2.45) is 0 Å². The molecule has 0 aromatic rings. The minimum atomic E-state index is -3.74. The molecule has 5 heteroatoms. The van der Waals surface area contributed by atoms with Gasteiger partial charge in [0.05, 0.1) is 5.75 Å². The lowest BCUT2D eigenvalue weighted by molar-refractivity contribution is 0.408. The summed E-state index contributed by atoms with van der Waals surface area (Å²) in [5, 5.41) is 0. The van der Waals surface area contributed by atoms with Crippen molar-refractivity contribution in [2.45, 2.75) is 19.8 Å². The molecule has 0 aromatic carbocycles. The zero-order valence-electron chi connectivity index (χ0n) is 8.65. The first kappa shape index (κ1) is 15.3. The fourth-order valence-electron chi connectivity index (χ4n) is 0.630. The van der Waals surface area contributed by atoms with Gasteiger partial charge < -0.3 is 4.90 Å². The van der Waals surface area contributed by atoms with Crippen LogP contribution in [0, 0.1) is 6.92 Å². The van der Waals surface area contributed by atoms with Crippen molar-refractivity contribution in [2.75, 3.05) is 26.4 Å². The van der Waals surface area contributed by atoms with E-state index >= 15 is 0 Å². The highest BCUT2D eigenvalue weighted by atomic mass is 32.2. The molecule has 0 saturated heterocycles. The molecule has 13 heavy (non-hydrogen) atoms. The van der Waals surface area contributed by atoms with Crippen molar-refractivity contribution in [1.29, 1.82) is 0 Å². The van der Waals surface area contributed by atoms with Crippen LogP contribution in [0.4, 0.5) is 0 Å². The molecular weight excluding hydrogens is 190 g/mol. The molecule has 0 rings (SSSR count). The summed E-state index contributed by atoms with van der Waals surface area (Å²) in [6.45, 7) is 6.62. The molecule has 0 saturated carbocycles. The van der Waals surface area contributed by atoms with Gasteiger partial charge in [-0.2, -0.15) is 8.42 Å². The van der Waals surface area contributed by atoms with Crippen LogP contribution in [-0.2, 0) is 10.1 Å². The van der Waals surface area contributed by atoms with E-state index in [2.05, 4.69) is 32.8 Å². The quantitative estimate of drug-likeness (QED) is 0.705. The zero-order chi connectivity index (χ0) is 10.9. The second kappa shape index (κ2) is 8.47. The average molecular weight is 210 g/mol. The molecule has 0 fully saturated rings. The predicted molar refractivity (Wildman–Crippen MR) is 55.2 cm³/mol.